The number of fused-ring (bicyclic) bond motifs is 1. The van der Waals surface area contributed by atoms with Crippen molar-refractivity contribution in [3.8, 4) is 0 Å². The molecule has 1 amide bonds. The Morgan fingerprint density at radius 3 is 2.48 bits per heavy atom. The third-order valence-electron chi connectivity index (χ3n) is 3.67. The van der Waals surface area contributed by atoms with E-state index in [4.69, 9.17) is 0 Å². The predicted molar refractivity (Wildman–Crippen MR) is 87.2 cm³/mol. The highest BCUT2D eigenvalue weighted by Crippen LogP contribution is 2.31. The van der Waals surface area contributed by atoms with Gasteiger partial charge in [0.1, 0.15) is 0 Å². The number of para-hydroxylation sites is 1. The summed E-state index contributed by atoms with van der Waals surface area (Å²) in [6.45, 7) is 4.34. The minimum Gasteiger partial charge on any atom is -0.361 e. The van der Waals surface area contributed by atoms with Gasteiger partial charge in [-0.3, -0.25) is 4.79 Å². The first-order chi connectivity index (χ1) is 10.1. The summed E-state index contributed by atoms with van der Waals surface area (Å²) in [5.74, 6) is 0.451. The highest BCUT2D eigenvalue weighted by molar-refractivity contribution is 6.31. The maximum atomic E-state index is 12.0. The lowest BCUT2D eigenvalue weighted by molar-refractivity contribution is -0.110. The summed E-state index contributed by atoms with van der Waals surface area (Å²) < 4.78 is 0. The van der Waals surface area contributed by atoms with Crippen LogP contribution in [0.3, 0.4) is 0 Å². The maximum absolute atomic E-state index is 12.0. The number of carbonyl (C=O) groups is 1. The molecule has 0 aromatic heterocycles. The van der Waals surface area contributed by atoms with E-state index in [1.165, 1.54) is 5.56 Å². The summed E-state index contributed by atoms with van der Waals surface area (Å²) in [6, 6.07) is 16.0. The third kappa shape index (κ3) is 2.68. The van der Waals surface area contributed by atoms with Crippen molar-refractivity contribution < 1.29 is 4.79 Å². The van der Waals surface area contributed by atoms with Crippen molar-refractivity contribution in [2.24, 2.45) is 0 Å². The zero-order valence-electron chi connectivity index (χ0n) is 12.2. The predicted octanol–water partition coefficient (Wildman–Crippen LogP) is 4.22. The lowest BCUT2D eigenvalue weighted by atomic mass is 10.0. The van der Waals surface area contributed by atoms with Gasteiger partial charge >= 0.3 is 0 Å². The van der Waals surface area contributed by atoms with Gasteiger partial charge < -0.3 is 10.6 Å². The van der Waals surface area contributed by atoms with Crippen LogP contribution < -0.4 is 10.6 Å². The van der Waals surface area contributed by atoms with E-state index < -0.39 is 0 Å². The molecule has 2 aromatic carbocycles. The van der Waals surface area contributed by atoms with Gasteiger partial charge in [-0.1, -0.05) is 44.2 Å². The second-order valence-corrected chi connectivity index (χ2v) is 5.48. The zero-order valence-corrected chi connectivity index (χ0v) is 12.2. The second kappa shape index (κ2) is 5.44. The molecule has 3 rings (SSSR count). The molecule has 0 spiro atoms. The Hall–Kier alpha value is -2.55. The molecule has 0 saturated heterocycles. The number of anilines is 2. The summed E-state index contributed by atoms with van der Waals surface area (Å²) in [5.41, 5.74) is 4.75. The van der Waals surface area contributed by atoms with Gasteiger partial charge in [0.25, 0.3) is 5.91 Å². The van der Waals surface area contributed by atoms with E-state index in [0.29, 0.717) is 11.5 Å². The topological polar surface area (TPSA) is 41.1 Å². The summed E-state index contributed by atoms with van der Waals surface area (Å²) in [7, 11) is 0. The van der Waals surface area contributed by atoms with E-state index in [2.05, 4.69) is 36.6 Å². The minimum atomic E-state index is -0.0671. The van der Waals surface area contributed by atoms with Crippen molar-refractivity contribution in [3.63, 3.8) is 0 Å². The highest BCUT2D eigenvalue weighted by Gasteiger charge is 2.23. The molecule has 2 N–H and O–H groups in total. The van der Waals surface area contributed by atoms with Crippen LogP contribution in [0.25, 0.3) is 5.57 Å². The van der Waals surface area contributed by atoms with Crippen LogP contribution in [0, 0.1) is 0 Å². The van der Waals surface area contributed by atoms with Crippen LogP contribution in [0.1, 0.15) is 30.9 Å². The van der Waals surface area contributed by atoms with Crippen molar-refractivity contribution in [1.29, 1.82) is 0 Å². The van der Waals surface area contributed by atoms with Crippen molar-refractivity contribution in [1.82, 2.24) is 0 Å². The van der Waals surface area contributed by atoms with E-state index in [1.807, 2.05) is 36.4 Å². The zero-order chi connectivity index (χ0) is 14.8. The fourth-order valence-electron chi connectivity index (χ4n) is 2.40. The van der Waals surface area contributed by atoms with Gasteiger partial charge in [0.05, 0.1) is 5.57 Å². The molecule has 0 aliphatic carbocycles. The Morgan fingerprint density at radius 2 is 1.76 bits per heavy atom. The largest absolute Gasteiger partial charge is 0.361 e. The Balaban J connectivity index is 1.81. The molecule has 0 fully saturated rings. The fourth-order valence-corrected chi connectivity index (χ4v) is 2.40. The monoisotopic (exact) mass is 278 g/mol. The molecule has 21 heavy (non-hydrogen) atoms. The van der Waals surface area contributed by atoms with Gasteiger partial charge in [-0.25, -0.2) is 0 Å². The first-order valence-corrected chi connectivity index (χ1v) is 7.12. The quantitative estimate of drug-likeness (QED) is 0.825. The van der Waals surface area contributed by atoms with E-state index in [0.717, 1.165) is 16.9 Å². The van der Waals surface area contributed by atoms with Crippen molar-refractivity contribution >= 4 is 22.9 Å². The first-order valence-electron chi connectivity index (χ1n) is 7.12. The molecule has 0 bridgehead atoms. The minimum absolute atomic E-state index is 0.0671. The lowest BCUT2D eigenvalue weighted by Gasteiger charge is -2.07. The van der Waals surface area contributed by atoms with Crippen LogP contribution in [0.2, 0.25) is 0 Å². The average molecular weight is 278 g/mol. The molecule has 3 nitrogen and oxygen atoms in total. The number of hydrogen-bond donors (Lipinski definition) is 2. The molecule has 0 saturated carbocycles. The molecule has 0 unspecified atom stereocenters. The van der Waals surface area contributed by atoms with Gasteiger partial charge in [-0.2, -0.15) is 0 Å². The summed E-state index contributed by atoms with van der Waals surface area (Å²) >= 11 is 0. The molecule has 106 valence electrons. The SMILES string of the molecule is CC(C)c1ccc(NC=C2C(=O)Nc3ccccc32)cc1. The molecular formula is C18H18N2O. The average Bonchev–Trinajstić information content (AvgIpc) is 2.81. The van der Waals surface area contributed by atoms with E-state index >= 15 is 0 Å². The van der Waals surface area contributed by atoms with E-state index in [9.17, 15) is 4.79 Å². The number of rotatable bonds is 3. The first kappa shape index (κ1) is 13.4. The van der Waals surface area contributed by atoms with Gasteiger partial charge in [0.2, 0.25) is 0 Å². The van der Waals surface area contributed by atoms with Crippen LogP contribution >= 0.6 is 0 Å². The number of amides is 1. The Morgan fingerprint density at radius 1 is 1.05 bits per heavy atom. The Bertz CT molecular complexity index is 699. The number of nitrogens with one attached hydrogen (secondary N) is 2. The molecule has 1 aliphatic rings. The summed E-state index contributed by atoms with van der Waals surface area (Å²) in [6.07, 6.45) is 1.77. The van der Waals surface area contributed by atoms with Crippen LogP contribution in [-0.2, 0) is 4.79 Å². The standard InChI is InChI=1S/C18H18N2O/c1-12(2)13-7-9-14(10-8-13)19-11-16-15-5-3-4-6-17(15)20-18(16)21/h3-12,19H,1-2H3,(H,20,21). The Labute approximate surface area is 124 Å². The summed E-state index contributed by atoms with van der Waals surface area (Å²) in [4.78, 5) is 12.0. The van der Waals surface area contributed by atoms with Crippen molar-refractivity contribution in [2.45, 2.75) is 19.8 Å². The highest BCUT2D eigenvalue weighted by atomic mass is 16.2. The molecular weight excluding hydrogens is 260 g/mol. The Kier molecular flexibility index (Phi) is 3.48. The number of carbonyl (C=O) groups excluding carboxylic acids is 1. The second-order valence-electron chi connectivity index (χ2n) is 5.48. The van der Waals surface area contributed by atoms with E-state index in [1.54, 1.807) is 6.20 Å². The number of hydrogen-bond acceptors (Lipinski definition) is 2. The fraction of sp³-hybridized carbons (Fsp3) is 0.167. The van der Waals surface area contributed by atoms with Crippen molar-refractivity contribution in [2.75, 3.05) is 10.6 Å². The normalized spacial score (nSPS) is 15.2. The van der Waals surface area contributed by atoms with Crippen LogP contribution in [0.4, 0.5) is 11.4 Å². The van der Waals surface area contributed by atoms with Crippen LogP contribution in [-0.4, -0.2) is 5.91 Å². The van der Waals surface area contributed by atoms with Crippen molar-refractivity contribution in [3.05, 3.63) is 65.9 Å². The molecule has 1 heterocycles. The number of benzene rings is 2. The molecule has 0 radical (unpaired) electrons. The van der Waals surface area contributed by atoms with Gasteiger partial charge in [0.15, 0.2) is 0 Å². The molecule has 3 heteroatoms. The van der Waals surface area contributed by atoms with Gasteiger partial charge in [0, 0.05) is 23.1 Å². The van der Waals surface area contributed by atoms with E-state index in [-0.39, 0.29) is 5.91 Å². The molecule has 2 aromatic rings. The molecule has 1 aliphatic heterocycles. The van der Waals surface area contributed by atoms with Gasteiger partial charge in [-0.05, 0) is 29.7 Å². The van der Waals surface area contributed by atoms with Crippen LogP contribution in [0.5, 0.6) is 0 Å². The summed E-state index contributed by atoms with van der Waals surface area (Å²) in [5, 5.41) is 6.06. The smallest absolute Gasteiger partial charge is 0.257 e. The molecule has 0 atom stereocenters. The maximum Gasteiger partial charge on any atom is 0.257 e. The van der Waals surface area contributed by atoms with Gasteiger partial charge in [-0.15, -0.1) is 0 Å². The van der Waals surface area contributed by atoms with Crippen LogP contribution in [0.15, 0.2) is 54.7 Å². The lowest BCUT2D eigenvalue weighted by Crippen LogP contribution is -2.05. The third-order valence-corrected chi connectivity index (χ3v) is 3.67.